The zero-order valence-corrected chi connectivity index (χ0v) is 6.80. The Hall–Kier alpha value is -1.60. The molecule has 0 saturated carbocycles. The molecule has 4 heteroatoms. The number of phenols is 1. The molecule has 1 aromatic carbocycles. The van der Waals surface area contributed by atoms with Gasteiger partial charge in [-0.1, -0.05) is 17.4 Å². The van der Waals surface area contributed by atoms with Crippen LogP contribution in [0.15, 0.2) is 18.2 Å². The second kappa shape index (κ2) is 2.47. The molecule has 0 unspecified atom stereocenters. The fourth-order valence-electron chi connectivity index (χ4n) is 0.982. The van der Waals surface area contributed by atoms with Gasteiger partial charge in [0.05, 0.1) is 10.2 Å². The summed E-state index contributed by atoms with van der Waals surface area (Å²) < 4.78 is 0.675. The average molecular weight is 176 g/mol. The molecule has 0 bridgehead atoms. The van der Waals surface area contributed by atoms with Gasteiger partial charge in [-0.25, -0.2) is 4.98 Å². The Morgan fingerprint density at radius 1 is 1.50 bits per heavy atom. The van der Waals surface area contributed by atoms with Crippen molar-refractivity contribution >= 4 is 21.6 Å². The summed E-state index contributed by atoms with van der Waals surface area (Å²) in [6.07, 6.45) is 0. The number of nitrogens with zero attached hydrogens (tertiary/aromatic N) is 2. The Labute approximate surface area is 72.5 Å². The van der Waals surface area contributed by atoms with Crippen molar-refractivity contribution in [3.8, 4) is 11.8 Å². The first-order chi connectivity index (χ1) is 5.81. The second-order valence-corrected chi connectivity index (χ2v) is 3.26. The number of aromatic hydroxyl groups is 1. The standard InChI is InChI=1S/C8H4N2OS/c9-4-7-10-5-2-1-3-6(11)8(5)12-7/h1-3,11H. The fourth-order valence-corrected chi connectivity index (χ4v) is 1.76. The molecular weight excluding hydrogens is 172 g/mol. The van der Waals surface area contributed by atoms with E-state index in [1.165, 1.54) is 11.3 Å². The van der Waals surface area contributed by atoms with Crippen LogP contribution in [-0.4, -0.2) is 10.1 Å². The van der Waals surface area contributed by atoms with Crippen LogP contribution >= 0.6 is 11.3 Å². The molecule has 0 spiro atoms. The topological polar surface area (TPSA) is 56.9 Å². The number of fused-ring (bicyclic) bond motifs is 1. The van der Waals surface area contributed by atoms with E-state index in [0.717, 1.165) is 0 Å². The summed E-state index contributed by atoms with van der Waals surface area (Å²) in [5, 5.41) is 18.3. The molecule has 0 aliphatic carbocycles. The van der Waals surface area contributed by atoms with Crippen LogP contribution in [0, 0.1) is 11.3 Å². The fraction of sp³-hybridized carbons (Fsp3) is 0. The monoisotopic (exact) mass is 176 g/mol. The van der Waals surface area contributed by atoms with Crippen LogP contribution in [0.3, 0.4) is 0 Å². The third kappa shape index (κ3) is 0.917. The lowest BCUT2D eigenvalue weighted by Crippen LogP contribution is -1.68. The van der Waals surface area contributed by atoms with Crippen LogP contribution in [0.1, 0.15) is 5.01 Å². The van der Waals surface area contributed by atoms with Gasteiger partial charge < -0.3 is 5.11 Å². The van der Waals surface area contributed by atoms with E-state index in [1.807, 2.05) is 6.07 Å². The molecule has 0 atom stereocenters. The molecule has 0 radical (unpaired) electrons. The van der Waals surface area contributed by atoms with E-state index >= 15 is 0 Å². The summed E-state index contributed by atoms with van der Waals surface area (Å²) >= 11 is 1.20. The SMILES string of the molecule is N#Cc1nc2cccc(O)c2s1. The third-order valence-corrected chi connectivity index (χ3v) is 2.49. The van der Waals surface area contributed by atoms with E-state index in [9.17, 15) is 5.11 Å². The first kappa shape index (κ1) is 7.07. The average Bonchev–Trinajstić information content (AvgIpc) is 2.49. The minimum absolute atomic E-state index is 0.187. The number of benzene rings is 1. The van der Waals surface area contributed by atoms with Crippen LogP contribution in [0.5, 0.6) is 5.75 Å². The summed E-state index contributed by atoms with van der Waals surface area (Å²) in [5.41, 5.74) is 0.677. The summed E-state index contributed by atoms with van der Waals surface area (Å²) in [6, 6.07) is 7.00. The van der Waals surface area contributed by atoms with E-state index in [0.29, 0.717) is 15.2 Å². The maximum absolute atomic E-state index is 9.34. The van der Waals surface area contributed by atoms with Gasteiger partial charge in [0, 0.05) is 0 Å². The Bertz CT molecular complexity index is 469. The lowest BCUT2D eigenvalue weighted by molar-refractivity contribution is 0.482. The van der Waals surface area contributed by atoms with Crippen LogP contribution in [-0.2, 0) is 0 Å². The van der Waals surface area contributed by atoms with Gasteiger partial charge in [-0.05, 0) is 12.1 Å². The third-order valence-electron chi connectivity index (χ3n) is 1.49. The van der Waals surface area contributed by atoms with Crippen molar-refractivity contribution in [2.75, 3.05) is 0 Å². The highest BCUT2D eigenvalue weighted by molar-refractivity contribution is 7.19. The zero-order chi connectivity index (χ0) is 8.55. The van der Waals surface area contributed by atoms with Crippen molar-refractivity contribution in [3.63, 3.8) is 0 Å². The molecule has 0 saturated heterocycles. The molecule has 12 heavy (non-hydrogen) atoms. The first-order valence-corrected chi connectivity index (χ1v) is 4.11. The molecule has 1 aromatic heterocycles. The van der Waals surface area contributed by atoms with Crippen LogP contribution in [0.2, 0.25) is 0 Å². The Morgan fingerprint density at radius 3 is 3.00 bits per heavy atom. The molecule has 1 N–H and O–H groups in total. The number of hydrogen-bond donors (Lipinski definition) is 1. The first-order valence-electron chi connectivity index (χ1n) is 3.30. The Kier molecular flexibility index (Phi) is 1.45. The van der Waals surface area contributed by atoms with Gasteiger partial charge in [-0.2, -0.15) is 5.26 Å². The number of nitriles is 1. The Morgan fingerprint density at radius 2 is 2.33 bits per heavy atom. The molecule has 0 aliphatic heterocycles. The van der Waals surface area contributed by atoms with E-state index < -0.39 is 0 Å². The number of thiazole rings is 1. The quantitative estimate of drug-likeness (QED) is 0.666. The normalized spacial score (nSPS) is 9.92. The van der Waals surface area contributed by atoms with Gasteiger partial charge >= 0.3 is 0 Å². The molecule has 0 amide bonds. The summed E-state index contributed by atoms with van der Waals surface area (Å²) in [5.74, 6) is 0.187. The lowest BCUT2D eigenvalue weighted by atomic mass is 10.3. The summed E-state index contributed by atoms with van der Waals surface area (Å²) in [4.78, 5) is 3.99. The molecular formula is C8H4N2OS. The minimum Gasteiger partial charge on any atom is -0.506 e. The second-order valence-electron chi connectivity index (χ2n) is 2.26. The number of rotatable bonds is 0. The molecule has 1 heterocycles. The van der Waals surface area contributed by atoms with Crippen molar-refractivity contribution in [3.05, 3.63) is 23.2 Å². The number of aromatic nitrogens is 1. The highest BCUT2D eigenvalue weighted by Crippen LogP contribution is 2.29. The van der Waals surface area contributed by atoms with Crippen LogP contribution in [0.25, 0.3) is 10.2 Å². The van der Waals surface area contributed by atoms with Crippen molar-refractivity contribution in [2.24, 2.45) is 0 Å². The highest BCUT2D eigenvalue weighted by atomic mass is 32.1. The van der Waals surface area contributed by atoms with Crippen molar-refractivity contribution in [1.82, 2.24) is 4.98 Å². The number of phenolic OH excluding ortho intramolecular Hbond substituents is 1. The van der Waals surface area contributed by atoms with Crippen molar-refractivity contribution in [1.29, 1.82) is 5.26 Å². The lowest BCUT2D eigenvalue weighted by Gasteiger charge is -1.89. The van der Waals surface area contributed by atoms with E-state index in [4.69, 9.17) is 5.26 Å². The Balaban J connectivity index is 2.85. The van der Waals surface area contributed by atoms with Crippen LogP contribution < -0.4 is 0 Å². The summed E-state index contributed by atoms with van der Waals surface area (Å²) in [7, 11) is 0. The van der Waals surface area contributed by atoms with Gasteiger partial charge in [-0.15, -0.1) is 0 Å². The van der Waals surface area contributed by atoms with Gasteiger partial charge in [0.15, 0.2) is 5.01 Å². The van der Waals surface area contributed by atoms with Gasteiger partial charge in [0.25, 0.3) is 0 Å². The maximum Gasteiger partial charge on any atom is 0.195 e. The van der Waals surface area contributed by atoms with Gasteiger partial charge in [-0.3, -0.25) is 0 Å². The molecule has 58 valence electrons. The van der Waals surface area contributed by atoms with Crippen molar-refractivity contribution in [2.45, 2.75) is 0 Å². The predicted molar refractivity (Wildman–Crippen MR) is 46.0 cm³/mol. The smallest absolute Gasteiger partial charge is 0.195 e. The minimum atomic E-state index is 0.187. The molecule has 0 fully saturated rings. The molecule has 3 nitrogen and oxygen atoms in total. The van der Waals surface area contributed by atoms with Gasteiger partial charge in [0.2, 0.25) is 0 Å². The van der Waals surface area contributed by atoms with Crippen LogP contribution in [0.4, 0.5) is 0 Å². The maximum atomic E-state index is 9.34. The largest absolute Gasteiger partial charge is 0.506 e. The highest BCUT2D eigenvalue weighted by Gasteiger charge is 2.05. The molecule has 2 rings (SSSR count). The molecule has 0 aliphatic rings. The molecule has 2 aromatic rings. The predicted octanol–water partition coefficient (Wildman–Crippen LogP) is 1.87. The zero-order valence-electron chi connectivity index (χ0n) is 5.98. The van der Waals surface area contributed by atoms with E-state index in [1.54, 1.807) is 18.2 Å². The van der Waals surface area contributed by atoms with E-state index in [2.05, 4.69) is 4.98 Å². The van der Waals surface area contributed by atoms with E-state index in [-0.39, 0.29) is 5.75 Å². The van der Waals surface area contributed by atoms with Gasteiger partial charge in [0.1, 0.15) is 11.8 Å². The number of hydrogen-bond acceptors (Lipinski definition) is 4. The van der Waals surface area contributed by atoms with Crippen molar-refractivity contribution < 1.29 is 5.11 Å². The summed E-state index contributed by atoms with van der Waals surface area (Å²) in [6.45, 7) is 0.